The lowest BCUT2D eigenvalue weighted by Gasteiger charge is -2.24. The van der Waals surface area contributed by atoms with Gasteiger partial charge in [-0.15, -0.1) is 11.3 Å². The van der Waals surface area contributed by atoms with E-state index in [1.165, 1.54) is 0 Å². The van der Waals surface area contributed by atoms with Crippen LogP contribution in [0.1, 0.15) is 23.2 Å². The minimum Gasteiger partial charge on any atom is -0.347 e. The number of aromatic nitrogens is 1. The second-order valence-corrected chi connectivity index (χ2v) is 7.07. The molecule has 140 valence electrons. The van der Waals surface area contributed by atoms with Crippen molar-refractivity contribution in [1.29, 1.82) is 0 Å². The molecule has 0 atom stereocenters. The van der Waals surface area contributed by atoms with E-state index < -0.39 is 0 Å². The van der Waals surface area contributed by atoms with Crippen molar-refractivity contribution < 1.29 is 4.79 Å². The first kappa shape index (κ1) is 19.9. The number of guanidine groups is 1. The summed E-state index contributed by atoms with van der Waals surface area (Å²) in [4.78, 5) is 25.1. The summed E-state index contributed by atoms with van der Waals surface area (Å²) in [5, 5.41) is 6.25. The van der Waals surface area contributed by atoms with Crippen molar-refractivity contribution in [3.8, 4) is 0 Å². The Morgan fingerprint density at radius 1 is 1.27 bits per heavy atom. The molecule has 0 aliphatic rings. The van der Waals surface area contributed by atoms with Gasteiger partial charge in [-0.1, -0.05) is 30.3 Å². The Bertz CT molecular complexity index is 729. The van der Waals surface area contributed by atoms with Gasteiger partial charge in [0, 0.05) is 32.6 Å². The predicted molar refractivity (Wildman–Crippen MR) is 107 cm³/mol. The van der Waals surface area contributed by atoms with Gasteiger partial charge in [0.15, 0.2) is 5.96 Å². The average molecular weight is 374 g/mol. The summed E-state index contributed by atoms with van der Waals surface area (Å²) >= 11 is 1.63. The molecule has 0 saturated carbocycles. The Morgan fingerprint density at radius 2 is 2.00 bits per heavy atom. The van der Waals surface area contributed by atoms with Gasteiger partial charge in [-0.25, -0.2) is 4.98 Å². The number of nitrogens with zero attached hydrogens (tertiary/aromatic N) is 4. The third-order valence-electron chi connectivity index (χ3n) is 3.99. The number of amides is 1. The zero-order valence-electron chi connectivity index (χ0n) is 15.9. The zero-order valence-corrected chi connectivity index (χ0v) is 16.7. The number of likely N-dealkylation sites (N-methyl/N-ethyl adjacent to an activating group) is 1. The number of carbonyl (C=O) groups is 1. The molecule has 2 aromatic rings. The van der Waals surface area contributed by atoms with Crippen LogP contribution in [-0.2, 0) is 17.9 Å². The summed E-state index contributed by atoms with van der Waals surface area (Å²) in [5.74, 6) is 0.732. The summed E-state index contributed by atoms with van der Waals surface area (Å²) in [6.45, 7) is 6.14. The van der Waals surface area contributed by atoms with Crippen molar-refractivity contribution in [2.24, 2.45) is 4.99 Å². The van der Waals surface area contributed by atoms with Gasteiger partial charge in [0.2, 0.25) is 5.91 Å². The molecular weight excluding hydrogens is 346 g/mol. The van der Waals surface area contributed by atoms with Gasteiger partial charge in [0.05, 0.1) is 23.8 Å². The molecule has 0 aliphatic carbocycles. The molecule has 0 radical (unpaired) electrons. The van der Waals surface area contributed by atoms with Gasteiger partial charge in [-0.3, -0.25) is 9.79 Å². The van der Waals surface area contributed by atoms with E-state index in [0.717, 1.165) is 16.3 Å². The summed E-state index contributed by atoms with van der Waals surface area (Å²) in [5.41, 5.74) is 2.13. The highest BCUT2D eigenvalue weighted by molar-refractivity contribution is 7.09. The molecule has 7 heteroatoms. The molecule has 1 amide bonds. The lowest BCUT2D eigenvalue weighted by Crippen LogP contribution is -2.44. The maximum atomic E-state index is 12.6. The molecule has 2 rings (SSSR count). The molecule has 0 spiro atoms. The van der Waals surface area contributed by atoms with E-state index in [1.807, 2.05) is 66.4 Å². The molecular formula is C19H27N5OS. The fourth-order valence-corrected chi connectivity index (χ4v) is 3.23. The number of benzene rings is 1. The molecule has 0 aliphatic heterocycles. The highest BCUT2D eigenvalue weighted by atomic mass is 32.1. The van der Waals surface area contributed by atoms with Gasteiger partial charge in [-0.05, 0) is 19.4 Å². The molecule has 1 heterocycles. The number of hydrogen-bond donors (Lipinski definition) is 1. The second-order valence-electron chi connectivity index (χ2n) is 6.01. The van der Waals surface area contributed by atoms with E-state index in [4.69, 9.17) is 0 Å². The summed E-state index contributed by atoms with van der Waals surface area (Å²) in [6, 6.07) is 10.0. The van der Waals surface area contributed by atoms with E-state index >= 15 is 0 Å². The van der Waals surface area contributed by atoms with Crippen LogP contribution in [0.3, 0.4) is 0 Å². The maximum Gasteiger partial charge on any atom is 0.242 e. The largest absolute Gasteiger partial charge is 0.347 e. The van der Waals surface area contributed by atoms with E-state index in [-0.39, 0.29) is 12.5 Å². The number of thiazole rings is 1. The number of carbonyl (C=O) groups excluding carboxylic acids is 1. The SMILES string of the molecule is CCN(Cc1ccccc1)C(=O)CNC(=NC)N(C)Cc1csc(C)n1. The van der Waals surface area contributed by atoms with Crippen LogP contribution in [0.15, 0.2) is 40.7 Å². The number of aliphatic imine (C=N–C) groups is 1. The smallest absolute Gasteiger partial charge is 0.242 e. The van der Waals surface area contributed by atoms with Crippen LogP contribution in [0, 0.1) is 6.92 Å². The first-order valence-electron chi connectivity index (χ1n) is 8.68. The van der Waals surface area contributed by atoms with Crippen LogP contribution in [0.25, 0.3) is 0 Å². The lowest BCUT2D eigenvalue weighted by atomic mass is 10.2. The van der Waals surface area contributed by atoms with E-state index in [9.17, 15) is 4.79 Å². The lowest BCUT2D eigenvalue weighted by molar-refractivity contribution is -0.130. The Hall–Kier alpha value is -2.41. The predicted octanol–water partition coefficient (Wildman–Crippen LogP) is 2.51. The van der Waals surface area contributed by atoms with Crippen LogP contribution in [0.4, 0.5) is 0 Å². The fraction of sp³-hybridized carbons (Fsp3) is 0.421. The second kappa shape index (κ2) is 9.91. The van der Waals surface area contributed by atoms with E-state index in [1.54, 1.807) is 18.4 Å². The van der Waals surface area contributed by atoms with Gasteiger partial charge in [-0.2, -0.15) is 0 Å². The van der Waals surface area contributed by atoms with Gasteiger partial charge in [0.25, 0.3) is 0 Å². The number of hydrogen-bond acceptors (Lipinski definition) is 4. The molecule has 1 aromatic carbocycles. The Morgan fingerprint density at radius 3 is 2.58 bits per heavy atom. The molecule has 6 nitrogen and oxygen atoms in total. The maximum absolute atomic E-state index is 12.6. The fourth-order valence-electron chi connectivity index (χ4n) is 2.63. The minimum atomic E-state index is 0.0513. The van der Waals surface area contributed by atoms with Gasteiger partial charge in [0.1, 0.15) is 0 Å². The first-order valence-corrected chi connectivity index (χ1v) is 9.56. The number of nitrogens with one attached hydrogen (secondary N) is 1. The summed E-state index contributed by atoms with van der Waals surface area (Å²) in [7, 11) is 3.66. The summed E-state index contributed by atoms with van der Waals surface area (Å²) < 4.78 is 0. The normalized spacial score (nSPS) is 11.3. The highest BCUT2D eigenvalue weighted by Crippen LogP contribution is 2.10. The molecule has 0 unspecified atom stereocenters. The van der Waals surface area contributed by atoms with Crippen molar-refractivity contribution in [3.63, 3.8) is 0 Å². The molecule has 0 saturated heterocycles. The van der Waals surface area contributed by atoms with Crippen LogP contribution in [-0.4, -0.2) is 53.8 Å². The zero-order chi connectivity index (χ0) is 18.9. The summed E-state index contributed by atoms with van der Waals surface area (Å²) in [6.07, 6.45) is 0. The quantitative estimate of drug-likeness (QED) is 0.598. The minimum absolute atomic E-state index is 0.0513. The van der Waals surface area contributed by atoms with Crippen molar-refractivity contribution in [3.05, 3.63) is 52.0 Å². The van der Waals surface area contributed by atoms with Gasteiger partial charge >= 0.3 is 0 Å². The monoisotopic (exact) mass is 373 g/mol. The Labute approximate surface area is 159 Å². The topological polar surface area (TPSA) is 60.8 Å². The van der Waals surface area contributed by atoms with Crippen molar-refractivity contribution in [2.45, 2.75) is 26.9 Å². The average Bonchev–Trinajstić information content (AvgIpc) is 3.05. The molecule has 1 N–H and O–H groups in total. The molecule has 1 aromatic heterocycles. The highest BCUT2D eigenvalue weighted by Gasteiger charge is 2.14. The number of aryl methyl sites for hydroxylation is 1. The standard InChI is InChI=1S/C19H27N5OS/c1-5-24(12-16-9-7-6-8-10-16)18(25)11-21-19(20-3)23(4)13-17-14-26-15(2)22-17/h6-10,14H,5,11-13H2,1-4H3,(H,20,21). The molecule has 26 heavy (non-hydrogen) atoms. The van der Waals surface area contributed by atoms with Crippen LogP contribution in [0.5, 0.6) is 0 Å². The van der Waals surface area contributed by atoms with Crippen LogP contribution in [0.2, 0.25) is 0 Å². The van der Waals surface area contributed by atoms with Gasteiger partial charge < -0.3 is 15.1 Å². The van der Waals surface area contributed by atoms with Crippen LogP contribution >= 0.6 is 11.3 Å². The van der Waals surface area contributed by atoms with Crippen molar-refractivity contribution >= 4 is 23.2 Å². The Balaban J connectivity index is 1.88. The van der Waals surface area contributed by atoms with E-state index in [0.29, 0.717) is 25.6 Å². The van der Waals surface area contributed by atoms with Crippen molar-refractivity contribution in [1.82, 2.24) is 20.1 Å². The van der Waals surface area contributed by atoms with Crippen LogP contribution < -0.4 is 5.32 Å². The Kier molecular flexibility index (Phi) is 7.59. The van der Waals surface area contributed by atoms with Crippen molar-refractivity contribution in [2.75, 3.05) is 27.2 Å². The third kappa shape index (κ3) is 5.84. The number of rotatable bonds is 7. The molecule has 0 bridgehead atoms. The van der Waals surface area contributed by atoms with E-state index in [2.05, 4.69) is 15.3 Å². The molecule has 0 fully saturated rings. The third-order valence-corrected chi connectivity index (χ3v) is 4.81. The first-order chi connectivity index (χ1) is 12.5.